The Morgan fingerprint density at radius 1 is 1.22 bits per heavy atom. The minimum absolute atomic E-state index is 0.225. The number of nitrogens with one attached hydrogen (secondary N) is 2. The molecular weight excluding hydrogens is 224 g/mol. The molecular formula is C15H28N2O. The summed E-state index contributed by atoms with van der Waals surface area (Å²) in [6.45, 7) is 3.14. The zero-order valence-corrected chi connectivity index (χ0v) is 11.7. The van der Waals surface area contributed by atoms with Crippen molar-refractivity contribution in [2.24, 2.45) is 5.92 Å². The van der Waals surface area contributed by atoms with Gasteiger partial charge in [-0.3, -0.25) is 4.79 Å². The molecule has 1 heterocycles. The fourth-order valence-corrected chi connectivity index (χ4v) is 3.54. The lowest BCUT2D eigenvalue weighted by Gasteiger charge is -2.33. The van der Waals surface area contributed by atoms with Crippen LogP contribution in [0.5, 0.6) is 0 Å². The molecule has 2 N–H and O–H groups in total. The van der Waals surface area contributed by atoms with E-state index >= 15 is 0 Å². The molecule has 0 aromatic carbocycles. The number of carbonyl (C=O) groups is 1. The summed E-state index contributed by atoms with van der Waals surface area (Å²) in [7, 11) is 0. The summed E-state index contributed by atoms with van der Waals surface area (Å²) in [5.74, 6) is 1.07. The highest BCUT2D eigenvalue weighted by Gasteiger charge is 2.26. The van der Waals surface area contributed by atoms with Crippen LogP contribution in [0.2, 0.25) is 0 Å². The molecule has 3 nitrogen and oxygen atoms in total. The molecule has 1 aliphatic heterocycles. The third-order valence-corrected chi connectivity index (χ3v) is 4.59. The van der Waals surface area contributed by atoms with Crippen molar-refractivity contribution in [1.29, 1.82) is 0 Å². The molecule has 18 heavy (non-hydrogen) atoms. The molecule has 0 radical (unpaired) electrons. The van der Waals surface area contributed by atoms with Gasteiger partial charge in [0.25, 0.3) is 0 Å². The Kier molecular flexibility index (Phi) is 5.48. The molecule has 0 spiro atoms. The predicted octanol–water partition coefficient (Wildman–Crippen LogP) is 2.60. The second-order valence-electron chi connectivity index (χ2n) is 5.97. The predicted molar refractivity (Wildman–Crippen MR) is 74.4 cm³/mol. The molecule has 2 rings (SSSR count). The highest BCUT2D eigenvalue weighted by Crippen LogP contribution is 2.28. The molecule has 2 aliphatic rings. The number of hydrogen-bond acceptors (Lipinski definition) is 2. The van der Waals surface area contributed by atoms with Crippen molar-refractivity contribution in [2.45, 2.75) is 76.8 Å². The van der Waals surface area contributed by atoms with Crippen LogP contribution in [-0.4, -0.2) is 24.5 Å². The van der Waals surface area contributed by atoms with E-state index in [0.717, 1.165) is 25.3 Å². The van der Waals surface area contributed by atoms with Gasteiger partial charge in [-0.05, 0) is 38.0 Å². The van der Waals surface area contributed by atoms with Gasteiger partial charge < -0.3 is 10.6 Å². The maximum absolute atomic E-state index is 11.6. The summed E-state index contributed by atoms with van der Waals surface area (Å²) < 4.78 is 0. The van der Waals surface area contributed by atoms with Crippen molar-refractivity contribution in [3.05, 3.63) is 0 Å². The van der Waals surface area contributed by atoms with Gasteiger partial charge in [-0.15, -0.1) is 0 Å². The summed E-state index contributed by atoms with van der Waals surface area (Å²) in [5, 5.41) is 6.75. The van der Waals surface area contributed by atoms with E-state index < -0.39 is 0 Å². The number of hydrogen-bond donors (Lipinski definition) is 2. The molecule has 0 aromatic heterocycles. The van der Waals surface area contributed by atoms with Crippen LogP contribution in [0, 0.1) is 5.92 Å². The van der Waals surface area contributed by atoms with E-state index in [1.807, 2.05) is 0 Å². The van der Waals surface area contributed by atoms with Crippen LogP contribution in [0.25, 0.3) is 0 Å². The van der Waals surface area contributed by atoms with Crippen molar-refractivity contribution in [1.82, 2.24) is 10.6 Å². The minimum Gasteiger partial charge on any atom is -0.356 e. The SMILES string of the molecule is CCC(NC1CCCNC(=O)C1)C1CCCCC1. The van der Waals surface area contributed by atoms with Crippen LogP contribution in [0.1, 0.15) is 64.7 Å². The highest BCUT2D eigenvalue weighted by atomic mass is 16.1. The average Bonchev–Trinajstić information content (AvgIpc) is 2.61. The minimum atomic E-state index is 0.225. The molecule has 0 aromatic rings. The van der Waals surface area contributed by atoms with Gasteiger partial charge >= 0.3 is 0 Å². The second-order valence-corrected chi connectivity index (χ2v) is 5.97. The maximum Gasteiger partial charge on any atom is 0.221 e. The van der Waals surface area contributed by atoms with Crippen LogP contribution in [0.4, 0.5) is 0 Å². The lowest BCUT2D eigenvalue weighted by molar-refractivity contribution is -0.121. The van der Waals surface area contributed by atoms with E-state index in [0.29, 0.717) is 18.5 Å². The number of rotatable bonds is 4. The lowest BCUT2D eigenvalue weighted by atomic mass is 9.82. The van der Waals surface area contributed by atoms with Crippen LogP contribution < -0.4 is 10.6 Å². The van der Waals surface area contributed by atoms with Gasteiger partial charge in [-0.2, -0.15) is 0 Å². The Morgan fingerprint density at radius 2 is 2.00 bits per heavy atom. The van der Waals surface area contributed by atoms with E-state index in [2.05, 4.69) is 17.6 Å². The molecule has 2 fully saturated rings. The molecule has 2 atom stereocenters. The van der Waals surface area contributed by atoms with Crippen LogP contribution in [0.3, 0.4) is 0 Å². The van der Waals surface area contributed by atoms with Crippen LogP contribution >= 0.6 is 0 Å². The Balaban J connectivity index is 1.85. The van der Waals surface area contributed by atoms with Gasteiger partial charge in [-0.25, -0.2) is 0 Å². The maximum atomic E-state index is 11.6. The van der Waals surface area contributed by atoms with E-state index in [-0.39, 0.29) is 5.91 Å². The fourth-order valence-electron chi connectivity index (χ4n) is 3.54. The van der Waals surface area contributed by atoms with Crippen molar-refractivity contribution in [3.63, 3.8) is 0 Å². The first kappa shape index (κ1) is 13.9. The van der Waals surface area contributed by atoms with E-state index in [9.17, 15) is 4.79 Å². The van der Waals surface area contributed by atoms with Crippen molar-refractivity contribution in [2.75, 3.05) is 6.54 Å². The lowest BCUT2D eigenvalue weighted by Crippen LogP contribution is -2.44. The molecule has 2 unspecified atom stereocenters. The number of carbonyl (C=O) groups excluding carboxylic acids is 1. The van der Waals surface area contributed by atoms with Gasteiger partial charge in [-0.1, -0.05) is 26.2 Å². The van der Waals surface area contributed by atoms with Gasteiger partial charge in [0.1, 0.15) is 0 Å². The van der Waals surface area contributed by atoms with Gasteiger partial charge in [0.15, 0.2) is 0 Å². The van der Waals surface area contributed by atoms with Crippen molar-refractivity contribution >= 4 is 5.91 Å². The monoisotopic (exact) mass is 252 g/mol. The third-order valence-electron chi connectivity index (χ3n) is 4.59. The first-order chi connectivity index (χ1) is 8.79. The topological polar surface area (TPSA) is 41.1 Å². The van der Waals surface area contributed by atoms with Gasteiger partial charge in [0, 0.05) is 25.0 Å². The standard InChI is InChI=1S/C15H28N2O/c1-2-14(12-7-4-3-5-8-12)17-13-9-6-10-16-15(18)11-13/h12-14,17H,2-11H2,1H3,(H,16,18). The smallest absolute Gasteiger partial charge is 0.221 e. The zero-order chi connectivity index (χ0) is 12.8. The van der Waals surface area contributed by atoms with Crippen LogP contribution in [0.15, 0.2) is 0 Å². The quantitative estimate of drug-likeness (QED) is 0.807. The fraction of sp³-hybridized carbons (Fsp3) is 0.933. The first-order valence-electron chi connectivity index (χ1n) is 7.82. The molecule has 1 aliphatic carbocycles. The van der Waals surface area contributed by atoms with Gasteiger partial charge in [0.05, 0.1) is 0 Å². The van der Waals surface area contributed by atoms with E-state index in [4.69, 9.17) is 0 Å². The molecule has 1 saturated carbocycles. The third kappa shape index (κ3) is 3.98. The molecule has 104 valence electrons. The van der Waals surface area contributed by atoms with Crippen molar-refractivity contribution in [3.8, 4) is 0 Å². The largest absolute Gasteiger partial charge is 0.356 e. The van der Waals surface area contributed by atoms with Gasteiger partial charge in [0.2, 0.25) is 5.91 Å². The number of amides is 1. The summed E-state index contributed by atoms with van der Waals surface area (Å²) in [6, 6.07) is 1.03. The average molecular weight is 252 g/mol. The Labute approximate surface area is 111 Å². The zero-order valence-electron chi connectivity index (χ0n) is 11.7. The molecule has 3 heteroatoms. The Bertz CT molecular complexity index is 261. The first-order valence-corrected chi connectivity index (χ1v) is 7.82. The summed E-state index contributed by atoms with van der Waals surface area (Å²) in [5.41, 5.74) is 0. The molecule has 0 bridgehead atoms. The highest BCUT2D eigenvalue weighted by molar-refractivity contribution is 5.76. The summed E-state index contributed by atoms with van der Waals surface area (Å²) in [4.78, 5) is 11.6. The Morgan fingerprint density at radius 3 is 2.72 bits per heavy atom. The molecule has 1 saturated heterocycles. The normalized spacial score (nSPS) is 28.5. The van der Waals surface area contributed by atoms with Crippen LogP contribution in [-0.2, 0) is 4.79 Å². The molecule has 1 amide bonds. The van der Waals surface area contributed by atoms with E-state index in [1.165, 1.54) is 38.5 Å². The Hall–Kier alpha value is -0.570. The summed E-state index contributed by atoms with van der Waals surface area (Å²) >= 11 is 0. The second kappa shape index (κ2) is 7.13. The van der Waals surface area contributed by atoms with E-state index in [1.54, 1.807) is 0 Å². The van der Waals surface area contributed by atoms with Crippen molar-refractivity contribution < 1.29 is 4.79 Å². The summed E-state index contributed by atoms with van der Waals surface area (Å²) in [6.07, 6.45) is 11.1.